The summed E-state index contributed by atoms with van der Waals surface area (Å²) < 4.78 is 5.77. The summed E-state index contributed by atoms with van der Waals surface area (Å²) in [7, 11) is 0. The fourth-order valence-electron chi connectivity index (χ4n) is 5.23. The number of carbonyl (C=O) groups is 1. The molecule has 7 heteroatoms. The van der Waals surface area contributed by atoms with Crippen LogP contribution >= 0.6 is 0 Å². The van der Waals surface area contributed by atoms with Gasteiger partial charge in [0.2, 0.25) is 5.95 Å². The third kappa shape index (κ3) is 4.50. The van der Waals surface area contributed by atoms with Crippen molar-refractivity contribution in [3.63, 3.8) is 0 Å². The molecule has 0 bridgehead atoms. The van der Waals surface area contributed by atoms with Crippen LogP contribution in [0.1, 0.15) is 48.2 Å². The highest BCUT2D eigenvalue weighted by atomic mass is 16.5. The lowest BCUT2D eigenvalue weighted by atomic mass is 9.95. The first kappa shape index (κ1) is 21.3. The fraction of sp³-hybridized carbons (Fsp3) is 0.560. The number of hydrogen-bond acceptors (Lipinski definition) is 6. The topological polar surface area (TPSA) is 61.8 Å². The van der Waals surface area contributed by atoms with Crippen molar-refractivity contribution in [3.8, 4) is 0 Å². The van der Waals surface area contributed by atoms with E-state index in [0.29, 0.717) is 24.2 Å². The van der Waals surface area contributed by atoms with Gasteiger partial charge in [0, 0.05) is 57.7 Å². The summed E-state index contributed by atoms with van der Waals surface area (Å²) in [4.78, 5) is 28.7. The van der Waals surface area contributed by atoms with Crippen molar-refractivity contribution in [3.05, 3.63) is 53.3 Å². The van der Waals surface area contributed by atoms with E-state index < -0.39 is 0 Å². The Balaban J connectivity index is 1.16. The van der Waals surface area contributed by atoms with Crippen LogP contribution in [0.2, 0.25) is 0 Å². The molecular weight excluding hydrogens is 402 g/mol. The molecule has 1 aromatic carbocycles. The van der Waals surface area contributed by atoms with Gasteiger partial charge in [-0.15, -0.1) is 0 Å². The molecule has 1 aromatic heterocycles. The summed E-state index contributed by atoms with van der Waals surface area (Å²) in [6, 6.07) is 9.33. The van der Waals surface area contributed by atoms with E-state index in [0.717, 1.165) is 58.5 Å². The molecule has 32 heavy (non-hydrogen) atoms. The molecule has 3 aliphatic heterocycles. The van der Waals surface area contributed by atoms with Crippen LogP contribution in [0, 0.1) is 0 Å². The quantitative estimate of drug-likeness (QED) is 0.739. The standard InChI is InChI=1S/C25H33N5O2/c1-25(2)18-30(13-14-32-25)24-26-15-21(16-27-24)23(31)28-11-8-22(9-12-28)29-10-7-19-5-3-4-6-20(19)17-29/h3-6,15-16,22H,7-14,17-18H2,1-2H3. The number of nitrogens with zero attached hydrogens (tertiary/aromatic N) is 5. The Bertz CT molecular complexity index is 953. The summed E-state index contributed by atoms with van der Waals surface area (Å²) in [5, 5.41) is 0. The van der Waals surface area contributed by atoms with Gasteiger partial charge in [-0.3, -0.25) is 9.69 Å². The summed E-state index contributed by atoms with van der Waals surface area (Å²) in [5.74, 6) is 0.711. The monoisotopic (exact) mass is 435 g/mol. The molecule has 0 saturated carbocycles. The number of anilines is 1. The molecule has 170 valence electrons. The zero-order chi connectivity index (χ0) is 22.1. The van der Waals surface area contributed by atoms with Gasteiger partial charge in [0.15, 0.2) is 0 Å². The van der Waals surface area contributed by atoms with Gasteiger partial charge >= 0.3 is 0 Å². The third-order valence-electron chi connectivity index (χ3n) is 7.02. The minimum Gasteiger partial charge on any atom is -0.372 e. The summed E-state index contributed by atoms with van der Waals surface area (Å²) >= 11 is 0. The molecule has 0 N–H and O–H groups in total. The molecule has 0 spiro atoms. The molecular formula is C25H33N5O2. The van der Waals surface area contributed by atoms with E-state index >= 15 is 0 Å². The zero-order valence-corrected chi connectivity index (χ0v) is 19.2. The Morgan fingerprint density at radius 2 is 1.75 bits per heavy atom. The molecule has 0 radical (unpaired) electrons. The normalized spacial score (nSPS) is 21.9. The lowest BCUT2D eigenvalue weighted by Gasteiger charge is -2.40. The van der Waals surface area contributed by atoms with Gasteiger partial charge in [0.25, 0.3) is 5.91 Å². The van der Waals surface area contributed by atoms with Crippen molar-refractivity contribution in [1.82, 2.24) is 19.8 Å². The molecule has 2 saturated heterocycles. The molecule has 3 aliphatic rings. The van der Waals surface area contributed by atoms with E-state index in [1.54, 1.807) is 12.4 Å². The first-order chi connectivity index (χ1) is 15.5. The van der Waals surface area contributed by atoms with Crippen molar-refractivity contribution < 1.29 is 9.53 Å². The second kappa shape index (κ2) is 8.79. The van der Waals surface area contributed by atoms with Gasteiger partial charge in [-0.2, -0.15) is 0 Å². The largest absolute Gasteiger partial charge is 0.372 e. The van der Waals surface area contributed by atoms with Gasteiger partial charge in [-0.05, 0) is 44.2 Å². The number of ether oxygens (including phenoxy) is 1. The van der Waals surface area contributed by atoms with Crippen molar-refractivity contribution in [2.45, 2.75) is 51.3 Å². The van der Waals surface area contributed by atoms with E-state index in [2.05, 4.69) is 57.9 Å². The van der Waals surface area contributed by atoms with Crippen molar-refractivity contribution in [2.75, 3.05) is 44.2 Å². The number of hydrogen-bond donors (Lipinski definition) is 0. The number of fused-ring (bicyclic) bond motifs is 1. The summed E-state index contributed by atoms with van der Waals surface area (Å²) in [6.45, 7) is 10.1. The molecule has 0 atom stereocenters. The van der Waals surface area contributed by atoms with E-state index in [9.17, 15) is 4.79 Å². The third-order valence-corrected chi connectivity index (χ3v) is 7.02. The Hall–Kier alpha value is -2.51. The Labute approximate surface area is 190 Å². The van der Waals surface area contributed by atoms with Crippen LogP contribution in [0.25, 0.3) is 0 Å². The number of carbonyl (C=O) groups excluding carboxylic acids is 1. The second-order valence-corrected chi connectivity index (χ2v) is 9.81. The van der Waals surface area contributed by atoms with Crippen LogP contribution in [0.5, 0.6) is 0 Å². The first-order valence-corrected chi connectivity index (χ1v) is 11.8. The molecule has 0 aliphatic carbocycles. The molecule has 1 amide bonds. The predicted molar refractivity (Wildman–Crippen MR) is 124 cm³/mol. The molecule has 2 aromatic rings. The average molecular weight is 436 g/mol. The van der Waals surface area contributed by atoms with Crippen LogP contribution < -0.4 is 4.90 Å². The Morgan fingerprint density at radius 1 is 1.03 bits per heavy atom. The Kier molecular flexibility index (Phi) is 5.86. The minimum atomic E-state index is -0.211. The van der Waals surface area contributed by atoms with Gasteiger partial charge in [0.05, 0.1) is 17.8 Å². The van der Waals surface area contributed by atoms with Gasteiger partial charge in [-0.25, -0.2) is 9.97 Å². The number of piperidine rings is 1. The van der Waals surface area contributed by atoms with E-state index in [1.807, 2.05) is 4.90 Å². The Morgan fingerprint density at radius 3 is 2.47 bits per heavy atom. The smallest absolute Gasteiger partial charge is 0.256 e. The van der Waals surface area contributed by atoms with Crippen LogP contribution in [0.4, 0.5) is 5.95 Å². The molecule has 7 nitrogen and oxygen atoms in total. The zero-order valence-electron chi connectivity index (χ0n) is 19.2. The second-order valence-electron chi connectivity index (χ2n) is 9.81. The lowest BCUT2D eigenvalue weighted by molar-refractivity contribution is -0.0281. The maximum Gasteiger partial charge on any atom is 0.256 e. The van der Waals surface area contributed by atoms with Gasteiger partial charge in [-0.1, -0.05) is 24.3 Å². The molecule has 2 fully saturated rings. The summed E-state index contributed by atoms with van der Waals surface area (Å²) in [5.41, 5.74) is 3.31. The maximum absolute atomic E-state index is 13.0. The number of benzene rings is 1. The van der Waals surface area contributed by atoms with Gasteiger partial charge in [0.1, 0.15) is 0 Å². The lowest BCUT2D eigenvalue weighted by Crippen LogP contribution is -2.49. The molecule has 5 rings (SSSR count). The van der Waals surface area contributed by atoms with Crippen LogP contribution in [-0.4, -0.2) is 76.6 Å². The van der Waals surface area contributed by atoms with Crippen LogP contribution in [0.3, 0.4) is 0 Å². The van der Waals surface area contributed by atoms with Crippen molar-refractivity contribution in [1.29, 1.82) is 0 Å². The van der Waals surface area contributed by atoms with Crippen LogP contribution in [-0.2, 0) is 17.7 Å². The van der Waals surface area contributed by atoms with E-state index in [-0.39, 0.29) is 11.5 Å². The average Bonchev–Trinajstić information content (AvgIpc) is 2.83. The van der Waals surface area contributed by atoms with E-state index in [1.165, 1.54) is 11.1 Å². The number of likely N-dealkylation sites (tertiary alicyclic amines) is 1. The van der Waals surface area contributed by atoms with E-state index in [4.69, 9.17) is 4.74 Å². The highest BCUT2D eigenvalue weighted by Crippen LogP contribution is 2.26. The summed E-state index contributed by atoms with van der Waals surface area (Å²) in [6.07, 6.45) is 6.53. The molecule has 0 unspecified atom stereocenters. The fourth-order valence-corrected chi connectivity index (χ4v) is 5.23. The maximum atomic E-state index is 13.0. The highest BCUT2D eigenvalue weighted by Gasteiger charge is 2.31. The number of rotatable bonds is 3. The minimum absolute atomic E-state index is 0.0429. The van der Waals surface area contributed by atoms with Gasteiger partial charge < -0.3 is 14.5 Å². The molecule has 4 heterocycles. The first-order valence-electron chi connectivity index (χ1n) is 11.8. The number of morpholine rings is 1. The number of aromatic nitrogens is 2. The highest BCUT2D eigenvalue weighted by molar-refractivity contribution is 5.93. The SMILES string of the molecule is CC1(C)CN(c2ncc(C(=O)N3CCC(N4CCc5ccccc5C4)CC3)cn2)CCO1. The van der Waals surface area contributed by atoms with Crippen molar-refractivity contribution >= 4 is 11.9 Å². The van der Waals surface area contributed by atoms with Crippen molar-refractivity contribution in [2.24, 2.45) is 0 Å². The van der Waals surface area contributed by atoms with Crippen LogP contribution in [0.15, 0.2) is 36.7 Å². The number of amides is 1. The predicted octanol–water partition coefficient (Wildman–Crippen LogP) is 2.75.